The predicted molar refractivity (Wildman–Crippen MR) is 54.5 cm³/mol. The third-order valence-corrected chi connectivity index (χ3v) is 2.55. The summed E-state index contributed by atoms with van der Waals surface area (Å²) in [6.45, 7) is 2.12. The molecular formula is C10H9LiSi. The van der Waals surface area contributed by atoms with Crippen molar-refractivity contribution >= 4 is 35.2 Å². The van der Waals surface area contributed by atoms with E-state index in [9.17, 15) is 0 Å². The Balaban J connectivity index is 0.000000720. The van der Waals surface area contributed by atoms with E-state index >= 15 is 0 Å². The van der Waals surface area contributed by atoms with Crippen molar-refractivity contribution in [2.45, 2.75) is 12.5 Å². The second-order valence-electron chi connectivity index (χ2n) is 2.97. The molecule has 0 spiro atoms. The van der Waals surface area contributed by atoms with Gasteiger partial charge in [-0.1, -0.05) is 35.9 Å². The van der Waals surface area contributed by atoms with Crippen LogP contribution in [0.25, 0.3) is 6.08 Å². The van der Waals surface area contributed by atoms with Crippen molar-refractivity contribution < 1.29 is 0 Å². The van der Waals surface area contributed by atoms with Gasteiger partial charge in [0.2, 0.25) is 0 Å². The van der Waals surface area contributed by atoms with Crippen LogP contribution in [0.15, 0.2) is 24.3 Å². The first kappa shape index (κ1) is 9.86. The van der Waals surface area contributed by atoms with Crippen LogP contribution in [0.5, 0.6) is 0 Å². The summed E-state index contributed by atoms with van der Waals surface area (Å²) in [6.07, 6.45) is 4.33. The summed E-state index contributed by atoms with van der Waals surface area (Å²) in [5.41, 5.74) is 4.48. The molecule has 1 aromatic carbocycles. The predicted octanol–water partition coefficient (Wildman–Crippen LogP) is 1.85. The van der Waals surface area contributed by atoms with Crippen LogP contribution in [0, 0.1) is 6.92 Å². The Labute approximate surface area is 88.7 Å². The van der Waals surface area contributed by atoms with Crippen molar-refractivity contribution in [3.05, 3.63) is 41.0 Å². The van der Waals surface area contributed by atoms with E-state index < -0.39 is 0 Å². The summed E-state index contributed by atoms with van der Waals surface area (Å²) in [7, 11) is 3.63. The first-order chi connectivity index (χ1) is 5.27. The van der Waals surface area contributed by atoms with Gasteiger partial charge in [-0.2, -0.15) is 0 Å². The molecule has 0 saturated carbocycles. The van der Waals surface area contributed by atoms with Gasteiger partial charge in [0.15, 0.2) is 0 Å². The van der Waals surface area contributed by atoms with Crippen LogP contribution in [-0.2, 0) is 0 Å². The first-order valence-corrected chi connectivity index (χ1v) is 4.35. The number of allylic oxidation sites excluding steroid dienone is 1. The number of rotatable bonds is 0. The normalized spacial score (nSPS) is 18.7. The quantitative estimate of drug-likeness (QED) is 0.513. The van der Waals surface area contributed by atoms with Gasteiger partial charge in [-0.3, -0.25) is 0 Å². The van der Waals surface area contributed by atoms with E-state index in [0.717, 1.165) is 0 Å². The Morgan fingerprint density at radius 2 is 2.08 bits per heavy atom. The van der Waals surface area contributed by atoms with Gasteiger partial charge in [0.1, 0.15) is 0 Å². The molecule has 54 valence electrons. The van der Waals surface area contributed by atoms with Crippen LogP contribution in [0.4, 0.5) is 0 Å². The summed E-state index contributed by atoms with van der Waals surface area (Å²) < 4.78 is 0. The van der Waals surface area contributed by atoms with Gasteiger partial charge in [0.25, 0.3) is 0 Å². The van der Waals surface area contributed by atoms with E-state index in [1.165, 1.54) is 16.7 Å². The molecule has 2 heteroatoms. The third kappa shape index (κ3) is 1.59. The van der Waals surface area contributed by atoms with Crippen molar-refractivity contribution in [3.63, 3.8) is 0 Å². The molecule has 1 aromatic rings. The Bertz CT molecular complexity index is 318. The molecule has 4 radical (unpaired) electrons. The Kier molecular flexibility index (Phi) is 3.01. The molecule has 0 amide bonds. The smallest absolute Gasteiger partial charge is 0.0388 e. The molecule has 12 heavy (non-hydrogen) atoms. The van der Waals surface area contributed by atoms with Crippen LogP contribution < -0.4 is 0 Å². The van der Waals surface area contributed by atoms with E-state index in [-0.39, 0.29) is 18.9 Å². The zero-order valence-electron chi connectivity index (χ0n) is 7.46. The molecule has 0 aromatic heterocycles. The van der Waals surface area contributed by atoms with Crippen molar-refractivity contribution in [2.24, 2.45) is 0 Å². The van der Waals surface area contributed by atoms with E-state index in [4.69, 9.17) is 0 Å². The average Bonchev–Trinajstić information content (AvgIpc) is 2.33. The van der Waals surface area contributed by atoms with E-state index in [1.54, 1.807) is 0 Å². The number of benzene rings is 1. The van der Waals surface area contributed by atoms with Gasteiger partial charge < -0.3 is 0 Å². The molecule has 0 N–H and O–H groups in total. The fourth-order valence-corrected chi connectivity index (χ4v) is 1.77. The molecule has 1 aliphatic rings. The van der Waals surface area contributed by atoms with E-state index in [1.807, 2.05) is 0 Å². The molecule has 0 heterocycles. The van der Waals surface area contributed by atoms with Crippen LogP contribution in [0.2, 0.25) is 0 Å². The second kappa shape index (κ2) is 3.66. The number of fused-ring (bicyclic) bond motifs is 1. The van der Waals surface area contributed by atoms with Crippen LogP contribution in [0.1, 0.15) is 22.2 Å². The fourth-order valence-electron chi connectivity index (χ4n) is 1.42. The standard InChI is InChI=1S/C10H9Si.Li/c1-7-2-3-8-4-5-10(11)9(8)6-7;/h2-6,10H,1H3;. The zero-order chi connectivity index (χ0) is 7.84. The SMILES string of the molecule is Cc1ccc2c(c1)C([Si])C=C2.[Li]. The summed E-state index contributed by atoms with van der Waals surface area (Å²) >= 11 is 0. The summed E-state index contributed by atoms with van der Waals surface area (Å²) in [5.74, 6) is 0. The average molecular weight is 164 g/mol. The minimum absolute atomic E-state index is 0. The van der Waals surface area contributed by atoms with Crippen molar-refractivity contribution in [2.75, 3.05) is 0 Å². The van der Waals surface area contributed by atoms with Gasteiger partial charge in [-0.05, 0) is 23.6 Å². The molecule has 0 nitrogen and oxygen atoms in total. The maximum Gasteiger partial charge on any atom is 0.0388 e. The zero-order valence-corrected chi connectivity index (χ0v) is 8.46. The fraction of sp³-hybridized carbons (Fsp3) is 0.200. The molecule has 0 fully saturated rings. The van der Waals surface area contributed by atoms with Crippen molar-refractivity contribution in [3.8, 4) is 0 Å². The van der Waals surface area contributed by atoms with E-state index in [2.05, 4.69) is 47.5 Å². The van der Waals surface area contributed by atoms with Gasteiger partial charge in [-0.15, -0.1) is 0 Å². The molecule has 0 saturated heterocycles. The maximum absolute atomic E-state index is 3.63. The monoisotopic (exact) mass is 164 g/mol. The van der Waals surface area contributed by atoms with Gasteiger partial charge in [-0.25, -0.2) is 0 Å². The van der Waals surface area contributed by atoms with Crippen molar-refractivity contribution in [1.82, 2.24) is 0 Å². The molecular weight excluding hydrogens is 155 g/mol. The summed E-state index contributed by atoms with van der Waals surface area (Å²) in [5, 5.41) is 0. The first-order valence-electron chi connectivity index (χ1n) is 3.77. The number of hydrogen-bond acceptors (Lipinski definition) is 0. The molecule has 2 rings (SSSR count). The third-order valence-electron chi connectivity index (χ3n) is 2.05. The molecule has 0 bridgehead atoms. The van der Waals surface area contributed by atoms with Crippen LogP contribution in [0.3, 0.4) is 0 Å². The summed E-state index contributed by atoms with van der Waals surface area (Å²) in [6, 6.07) is 6.54. The summed E-state index contributed by atoms with van der Waals surface area (Å²) in [4.78, 5) is 0. The topological polar surface area (TPSA) is 0 Å². The van der Waals surface area contributed by atoms with Crippen molar-refractivity contribution in [1.29, 1.82) is 0 Å². The minimum Gasteiger partial charge on any atom is -0.0800 e. The molecule has 1 aliphatic carbocycles. The number of aryl methyl sites for hydroxylation is 1. The molecule has 1 unspecified atom stereocenters. The maximum atomic E-state index is 3.63. The number of hydrogen-bond donors (Lipinski definition) is 0. The molecule has 1 atom stereocenters. The van der Waals surface area contributed by atoms with Crippen LogP contribution >= 0.6 is 0 Å². The van der Waals surface area contributed by atoms with Gasteiger partial charge >= 0.3 is 0 Å². The minimum atomic E-state index is 0. The van der Waals surface area contributed by atoms with E-state index in [0.29, 0.717) is 5.54 Å². The molecule has 0 aliphatic heterocycles. The Hall–Kier alpha value is -0.226. The largest absolute Gasteiger partial charge is 0.0800 e. The Morgan fingerprint density at radius 1 is 1.33 bits per heavy atom. The Morgan fingerprint density at radius 3 is 2.83 bits per heavy atom. The van der Waals surface area contributed by atoms with Gasteiger partial charge in [0.05, 0.1) is 0 Å². The second-order valence-corrected chi connectivity index (χ2v) is 3.59. The van der Waals surface area contributed by atoms with Gasteiger partial charge in [0, 0.05) is 29.1 Å². The van der Waals surface area contributed by atoms with Crippen LogP contribution in [-0.4, -0.2) is 29.1 Å².